The molecular weight excluding hydrogens is 370 g/mol. The van der Waals surface area contributed by atoms with Crippen molar-refractivity contribution >= 4 is 17.4 Å². The fourth-order valence-electron chi connectivity index (χ4n) is 5.24. The van der Waals surface area contributed by atoms with E-state index in [2.05, 4.69) is 11.4 Å². The molecule has 2 aromatic rings. The minimum Gasteiger partial charge on any atom is -0.335 e. The van der Waals surface area contributed by atoms with E-state index in [-0.39, 0.29) is 17.5 Å². The van der Waals surface area contributed by atoms with Crippen LogP contribution < -0.4 is 10.9 Å². The Morgan fingerprint density at radius 3 is 2.71 bits per heavy atom. The van der Waals surface area contributed by atoms with Gasteiger partial charge in [-0.05, 0) is 48.8 Å². The molecule has 5 nitrogen and oxygen atoms in total. The number of carbonyl (C=O) groups excluding carboxylic acids is 1. The van der Waals surface area contributed by atoms with Gasteiger partial charge in [0.2, 0.25) is 0 Å². The maximum atomic E-state index is 13.1. The summed E-state index contributed by atoms with van der Waals surface area (Å²) in [5.74, 6) is 0.620. The van der Waals surface area contributed by atoms with Gasteiger partial charge < -0.3 is 14.8 Å². The number of thiophene rings is 1. The van der Waals surface area contributed by atoms with Crippen LogP contribution in [0.1, 0.15) is 50.1 Å². The van der Waals surface area contributed by atoms with E-state index in [1.807, 2.05) is 33.0 Å². The van der Waals surface area contributed by atoms with Gasteiger partial charge in [-0.2, -0.15) is 0 Å². The van der Waals surface area contributed by atoms with E-state index >= 15 is 0 Å². The molecule has 1 N–H and O–H groups in total. The highest BCUT2D eigenvalue weighted by atomic mass is 32.1. The third-order valence-electron chi connectivity index (χ3n) is 6.61. The zero-order chi connectivity index (χ0) is 19.1. The monoisotopic (exact) mass is 397 g/mol. The lowest BCUT2D eigenvalue weighted by Crippen LogP contribution is -2.53. The largest absolute Gasteiger partial charge is 0.335 e. The number of urea groups is 1. The van der Waals surface area contributed by atoms with Gasteiger partial charge in [0.15, 0.2) is 0 Å². The highest BCUT2D eigenvalue weighted by Gasteiger charge is 2.37. The van der Waals surface area contributed by atoms with Gasteiger partial charge in [-0.25, -0.2) is 4.79 Å². The van der Waals surface area contributed by atoms with Gasteiger partial charge in [0.05, 0.1) is 5.56 Å². The van der Waals surface area contributed by atoms with Crippen LogP contribution in [-0.2, 0) is 6.54 Å². The van der Waals surface area contributed by atoms with Crippen LogP contribution in [0.5, 0.6) is 0 Å². The molecule has 2 atom stereocenters. The molecule has 0 aromatic carbocycles. The van der Waals surface area contributed by atoms with Gasteiger partial charge >= 0.3 is 6.03 Å². The van der Waals surface area contributed by atoms with Gasteiger partial charge in [0.25, 0.3) is 5.56 Å². The second-order valence-corrected chi connectivity index (χ2v) is 9.50. The number of fused-ring (bicyclic) bond motifs is 4. The predicted octanol–water partition coefficient (Wildman–Crippen LogP) is 4.04. The number of nitrogens with one attached hydrogen (secondary N) is 1. The summed E-state index contributed by atoms with van der Waals surface area (Å²) in [4.78, 5) is 29.0. The van der Waals surface area contributed by atoms with Crippen LogP contribution >= 0.6 is 11.3 Å². The molecule has 0 radical (unpaired) electrons. The Morgan fingerprint density at radius 1 is 1.07 bits per heavy atom. The second kappa shape index (κ2) is 7.39. The van der Waals surface area contributed by atoms with Gasteiger partial charge in [0.1, 0.15) is 0 Å². The number of amides is 2. The maximum Gasteiger partial charge on any atom is 0.317 e. The van der Waals surface area contributed by atoms with Crippen LogP contribution in [-0.4, -0.2) is 34.6 Å². The Kier molecular flexibility index (Phi) is 4.75. The standard InChI is InChI=1S/C22H27N3O2S/c26-21-18(20-7-4-10-28-20)8-9-19-16-11-15(13-25(19)21)12-24(14-16)22(27)23-17-5-2-1-3-6-17/h4,7-10,15-17H,1-3,5-6,11-14H2,(H,23,27). The maximum absolute atomic E-state index is 13.1. The van der Waals surface area contributed by atoms with Crippen molar-refractivity contribution in [1.29, 1.82) is 0 Å². The van der Waals surface area contributed by atoms with Crippen LogP contribution in [0.3, 0.4) is 0 Å². The fraction of sp³-hybridized carbons (Fsp3) is 0.545. The summed E-state index contributed by atoms with van der Waals surface area (Å²) in [5.41, 5.74) is 2.01. The highest BCUT2D eigenvalue weighted by Crippen LogP contribution is 2.36. The number of pyridine rings is 1. The SMILES string of the molecule is O=C(NC1CCCCC1)N1CC2CC(C1)c1ccc(-c3cccs3)c(=O)n1C2. The molecule has 2 unspecified atom stereocenters. The molecule has 2 amide bonds. The van der Waals surface area contributed by atoms with Crippen molar-refractivity contribution in [3.63, 3.8) is 0 Å². The Labute approximate surface area is 169 Å². The van der Waals surface area contributed by atoms with Crippen molar-refractivity contribution in [3.8, 4) is 10.4 Å². The number of piperidine rings is 1. The lowest BCUT2D eigenvalue weighted by molar-refractivity contribution is 0.127. The number of nitrogens with zero attached hydrogens (tertiary/aromatic N) is 2. The number of rotatable bonds is 2. The minimum atomic E-state index is 0.0904. The Morgan fingerprint density at radius 2 is 1.93 bits per heavy atom. The number of aromatic nitrogens is 1. The first-order valence-electron chi connectivity index (χ1n) is 10.5. The van der Waals surface area contributed by atoms with Crippen molar-refractivity contribution in [2.75, 3.05) is 13.1 Å². The van der Waals surface area contributed by atoms with Crippen molar-refractivity contribution in [1.82, 2.24) is 14.8 Å². The Hall–Kier alpha value is -2.08. The molecule has 3 aliphatic rings. The number of carbonyl (C=O) groups is 1. The topological polar surface area (TPSA) is 54.3 Å². The number of hydrogen-bond donors (Lipinski definition) is 1. The van der Waals surface area contributed by atoms with Crippen molar-refractivity contribution in [2.45, 2.75) is 57.0 Å². The number of likely N-dealkylation sites (tertiary alicyclic amines) is 1. The van der Waals surface area contributed by atoms with Crippen LogP contribution in [0.15, 0.2) is 34.4 Å². The van der Waals surface area contributed by atoms with Gasteiger partial charge in [-0.15, -0.1) is 11.3 Å². The van der Waals surface area contributed by atoms with E-state index in [1.54, 1.807) is 11.3 Å². The van der Waals surface area contributed by atoms with Gasteiger partial charge in [-0.3, -0.25) is 4.79 Å². The van der Waals surface area contributed by atoms with E-state index in [0.29, 0.717) is 18.5 Å². The third-order valence-corrected chi connectivity index (χ3v) is 7.51. The Balaban J connectivity index is 1.36. The average molecular weight is 398 g/mol. The first-order chi connectivity index (χ1) is 13.7. The summed E-state index contributed by atoms with van der Waals surface area (Å²) < 4.78 is 1.98. The molecule has 1 saturated heterocycles. The van der Waals surface area contributed by atoms with Crippen LogP contribution in [0.2, 0.25) is 0 Å². The smallest absolute Gasteiger partial charge is 0.317 e. The van der Waals surface area contributed by atoms with Gasteiger partial charge in [0, 0.05) is 42.2 Å². The molecule has 0 spiro atoms. The molecule has 5 rings (SSSR count). The third kappa shape index (κ3) is 3.28. The average Bonchev–Trinajstić information content (AvgIpc) is 3.24. The number of hydrogen-bond acceptors (Lipinski definition) is 3. The molecule has 1 saturated carbocycles. The summed E-state index contributed by atoms with van der Waals surface area (Å²) in [6.07, 6.45) is 7.02. The van der Waals surface area contributed by atoms with Crippen molar-refractivity contribution in [3.05, 3.63) is 45.7 Å². The zero-order valence-electron chi connectivity index (χ0n) is 16.1. The molecule has 148 valence electrons. The van der Waals surface area contributed by atoms with E-state index in [9.17, 15) is 9.59 Å². The normalized spacial score (nSPS) is 24.6. The van der Waals surface area contributed by atoms with Crippen LogP contribution in [0.4, 0.5) is 4.79 Å². The molecule has 4 heterocycles. The summed E-state index contributed by atoms with van der Waals surface area (Å²) in [7, 11) is 0. The molecule has 2 aliphatic heterocycles. The van der Waals surface area contributed by atoms with Crippen LogP contribution in [0.25, 0.3) is 10.4 Å². The fourth-order valence-corrected chi connectivity index (χ4v) is 5.99. The summed E-state index contributed by atoms with van der Waals surface area (Å²) in [5, 5.41) is 5.27. The zero-order valence-corrected chi connectivity index (χ0v) is 16.9. The van der Waals surface area contributed by atoms with Crippen molar-refractivity contribution < 1.29 is 4.79 Å². The molecule has 2 fully saturated rings. The molecule has 28 heavy (non-hydrogen) atoms. The van der Waals surface area contributed by atoms with Crippen molar-refractivity contribution in [2.24, 2.45) is 5.92 Å². The quantitative estimate of drug-likeness (QED) is 0.832. The summed E-state index contributed by atoms with van der Waals surface area (Å²) in [6, 6.07) is 8.51. The summed E-state index contributed by atoms with van der Waals surface area (Å²) >= 11 is 1.61. The Bertz CT molecular complexity index is 914. The van der Waals surface area contributed by atoms with Crippen LogP contribution in [0, 0.1) is 5.92 Å². The van der Waals surface area contributed by atoms with E-state index < -0.39 is 0 Å². The molecule has 2 bridgehead atoms. The van der Waals surface area contributed by atoms with Gasteiger partial charge in [-0.1, -0.05) is 25.3 Å². The van der Waals surface area contributed by atoms with E-state index in [0.717, 1.165) is 48.5 Å². The lowest BCUT2D eigenvalue weighted by atomic mass is 9.83. The lowest BCUT2D eigenvalue weighted by Gasteiger charge is -2.43. The first kappa shape index (κ1) is 18.0. The van der Waals surface area contributed by atoms with E-state index in [1.165, 1.54) is 19.3 Å². The molecule has 1 aliphatic carbocycles. The first-order valence-corrected chi connectivity index (χ1v) is 11.4. The predicted molar refractivity (Wildman–Crippen MR) is 112 cm³/mol. The van der Waals surface area contributed by atoms with E-state index in [4.69, 9.17) is 0 Å². The second-order valence-electron chi connectivity index (χ2n) is 8.55. The molecule has 2 aromatic heterocycles. The molecular formula is C22H27N3O2S. The minimum absolute atomic E-state index is 0.0904. The molecule has 6 heteroatoms. The summed E-state index contributed by atoms with van der Waals surface area (Å²) in [6.45, 7) is 2.19. The highest BCUT2D eigenvalue weighted by molar-refractivity contribution is 7.13.